The van der Waals surface area contributed by atoms with Gasteiger partial charge in [0.05, 0.1) is 7.11 Å². The summed E-state index contributed by atoms with van der Waals surface area (Å²) in [6.45, 7) is 7.82. The molecule has 0 fully saturated rings. The normalized spacial score (nSPS) is 12.6. The van der Waals surface area contributed by atoms with E-state index in [9.17, 15) is 9.59 Å². The van der Waals surface area contributed by atoms with E-state index in [1.54, 1.807) is 30.2 Å². The van der Waals surface area contributed by atoms with Gasteiger partial charge < -0.3 is 19.7 Å². The fourth-order valence-corrected chi connectivity index (χ4v) is 3.38. The van der Waals surface area contributed by atoms with Crippen LogP contribution < -0.4 is 14.8 Å². The van der Waals surface area contributed by atoms with Crippen LogP contribution in [0.3, 0.4) is 0 Å². The molecular weight excluding hydrogens is 428 g/mol. The second-order valence-corrected chi connectivity index (χ2v) is 8.22. The molecule has 7 heteroatoms. The number of ether oxygens (including phenoxy) is 2. The van der Waals surface area contributed by atoms with E-state index in [1.165, 1.54) is 0 Å². The van der Waals surface area contributed by atoms with Gasteiger partial charge in [0.2, 0.25) is 5.91 Å². The number of rotatable bonds is 11. The number of benzene rings is 2. The van der Waals surface area contributed by atoms with Crippen LogP contribution >= 0.6 is 11.6 Å². The first-order valence-electron chi connectivity index (χ1n) is 10.9. The highest BCUT2D eigenvalue weighted by molar-refractivity contribution is 6.31. The number of methoxy groups -OCH3 is 1. The number of halogens is 1. The third kappa shape index (κ3) is 7.16. The average molecular weight is 461 g/mol. The molecule has 0 heterocycles. The van der Waals surface area contributed by atoms with Gasteiger partial charge in [0, 0.05) is 17.6 Å². The standard InChI is InChI=1S/C25H33ClN2O4/c1-6-18(4)27-25(30)23(7-2)28(15-19-9-8-10-20(14-19)31-5)24(29)16-32-21-11-12-22(26)17(3)13-21/h8-14,18,23H,6-7,15-16H2,1-5H3,(H,27,30)/t18-,23+/m0/s1. The van der Waals surface area contributed by atoms with Gasteiger partial charge in [-0.2, -0.15) is 0 Å². The zero-order valence-corrected chi connectivity index (χ0v) is 20.2. The van der Waals surface area contributed by atoms with Crippen molar-refractivity contribution < 1.29 is 19.1 Å². The van der Waals surface area contributed by atoms with Crippen molar-refractivity contribution in [2.45, 2.75) is 59.2 Å². The smallest absolute Gasteiger partial charge is 0.261 e. The van der Waals surface area contributed by atoms with E-state index in [0.29, 0.717) is 22.9 Å². The summed E-state index contributed by atoms with van der Waals surface area (Å²) < 4.78 is 11.0. The van der Waals surface area contributed by atoms with Gasteiger partial charge in [-0.05, 0) is 68.1 Å². The maximum Gasteiger partial charge on any atom is 0.261 e. The van der Waals surface area contributed by atoms with E-state index < -0.39 is 6.04 Å². The SMILES string of the molecule is CC[C@H](C(=O)N[C@@H](C)CC)N(Cc1cccc(OC)c1)C(=O)COc1ccc(Cl)c(C)c1. The van der Waals surface area contributed by atoms with Crippen molar-refractivity contribution in [1.29, 1.82) is 0 Å². The molecule has 2 rings (SSSR count). The van der Waals surface area contributed by atoms with E-state index in [2.05, 4.69) is 5.32 Å². The van der Waals surface area contributed by atoms with Crippen LogP contribution in [-0.4, -0.2) is 42.5 Å². The van der Waals surface area contributed by atoms with Crippen molar-refractivity contribution in [2.75, 3.05) is 13.7 Å². The lowest BCUT2D eigenvalue weighted by atomic mass is 10.1. The Morgan fingerprint density at radius 1 is 1.09 bits per heavy atom. The number of nitrogens with zero attached hydrogens (tertiary/aromatic N) is 1. The molecule has 2 atom stereocenters. The summed E-state index contributed by atoms with van der Waals surface area (Å²) in [6, 6.07) is 12.1. The molecular formula is C25H33ClN2O4. The van der Waals surface area contributed by atoms with Gasteiger partial charge in [-0.1, -0.05) is 37.6 Å². The van der Waals surface area contributed by atoms with Crippen LogP contribution in [0.5, 0.6) is 11.5 Å². The first-order chi connectivity index (χ1) is 15.3. The fraction of sp³-hybridized carbons (Fsp3) is 0.440. The summed E-state index contributed by atoms with van der Waals surface area (Å²) in [4.78, 5) is 27.8. The van der Waals surface area contributed by atoms with Gasteiger partial charge in [-0.25, -0.2) is 0 Å². The molecule has 0 saturated heterocycles. The lowest BCUT2D eigenvalue weighted by Crippen LogP contribution is -2.51. The Morgan fingerprint density at radius 3 is 2.47 bits per heavy atom. The third-order valence-corrected chi connectivity index (χ3v) is 5.79. The quantitative estimate of drug-likeness (QED) is 0.525. The Balaban J connectivity index is 2.24. The molecule has 6 nitrogen and oxygen atoms in total. The van der Waals surface area contributed by atoms with Crippen LogP contribution in [0.25, 0.3) is 0 Å². The first kappa shape index (κ1) is 25.5. The van der Waals surface area contributed by atoms with Crippen LogP contribution in [0.15, 0.2) is 42.5 Å². The Labute approximate surface area is 195 Å². The second kappa shape index (κ2) is 12.3. The third-order valence-electron chi connectivity index (χ3n) is 5.37. The maximum atomic E-state index is 13.3. The van der Waals surface area contributed by atoms with Crippen LogP contribution in [0.1, 0.15) is 44.7 Å². The van der Waals surface area contributed by atoms with Gasteiger partial charge in [-0.3, -0.25) is 9.59 Å². The van der Waals surface area contributed by atoms with Crippen molar-refractivity contribution in [3.63, 3.8) is 0 Å². The van der Waals surface area contributed by atoms with Crippen molar-refractivity contribution >= 4 is 23.4 Å². The summed E-state index contributed by atoms with van der Waals surface area (Å²) in [5.41, 5.74) is 1.74. The number of nitrogens with one attached hydrogen (secondary N) is 1. The van der Waals surface area contributed by atoms with Crippen molar-refractivity contribution in [2.24, 2.45) is 0 Å². The van der Waals surface area contributed by atoms with E-state index in [1.807, 2.05) is 52.0 Å². The first-order valence-corrected chi connectivity index (χ1v) is 11.3. The minimum Gasteiger partial charge on any atom is -0.497 e. The van der Waals surface area contributed by atoms with Gasteiger partial charge in [0.25, 0.3) is 5.91 Å². The predicted octanol–water partition coefficient (Wildman–Crippen LogP) is 4.76. The van der Waals surface area contributed by atoms with E-state index >= 15 is 0 Å². The predicted molar refractivity (Wildman–Crippen MR) is 127 cm³/mol. The minimum absolute atomic E-state index is 0.0265. The Morgan fingerprint density at radius 2 is 1.84 bits per heavy atom. The van der Waals surface area contributed by atoms with Gasteiger partial charge >= 0.3 is 0 Å². The van der Waals surface area contributed by atoms with Crippen molar-refractivity contribution in [3.05, 3.63) is 58.6 Å². The van der Waals surface area contributed by atoms with E-state index in [0.717, 1.165) is 17.5 Å². The Hall–Kier alpha value is -2.73. The highest BCUT2D eigenvalue weighted by Crippen LogP contribution is 2.22. The van der Waals surface area contributed by atoms with Gasteiger partial charge in [-0.15, -0.1) is 0 Å². The lowest BCUT2D eigenvalue weighted by Gasteiger charge is -2.31. The number of carbonyl (C=O) groups excluding carboxylic acids is 2. The highest BCUT2D eigenvalue weighted by Gasteiger charge is 2.29. The molecule has 0 saturated carbocycles. The molecule has 2 amide bonds. The average Bonchev–Trinajstić information content (AvgIpc) is 2.79. The van der Waals surface area contributed by atoms with Crippen LogP contribution in [-0.2, 0) is 16.1 Å². The van der Waals surface area contributed by atoms with Gasteiger partial charge in [0.15, 0.2) is 6.61 Å². The Bertz CT molecular complexity index is 919. The zero-order chi connectivity index (χ0) is 23.7. The fourth-order valence-electron chi connectivity index (χ4n) is 3.26. The molecule has 0 unspecified atom stereocenters. The molecule has 0 radical (unpaired) electrons. The van der Waals surface area contributed by atoms with E-state index in [4.69, 9.17) is 21.1 Å². The molecule has 2 aromatic rings. The van der Waals surface area contributed by atoms with Crippen LogP contribution in [0, 0.1) is 6.92 Å². The summed E-state index contributed by atoms with van der Waals surface area (Å²) in [5.74, 6) is 0.811. The molecule has 0 aliphatic carbocycles. The number of hydrogen-bond acceptors (Lipinski definition) is 4. The topological polar surface area (TPSA) is 67.9 Å². The molecule has 174 valence electrons. The van der Waals surface area contributed by atoms with Gasteiger partial charge in [0.1, 0.15) is 17.5 Å². The number of carbonyl (C=O) groups is 2. The zero-order valence-electron chi connectivity index (χ0n) is 19.5. The molecule has 0 spiro atoms. The van der Waals surface area contributed by atoms with Crippen LogP contribution in [0.4, 0.5) is 0 Å². The second-order valence-electron chi connectivity index (χ2n) is 7.81. The summed E-state index contributed by atoms with van der Waals surface area (Å²) in [7, 11) is 1.60. The molecule has 32 heavy (non-hydrogen) atoms. The Kier molecular flexibility index (Phi) is 9.85. The highest BCUT2D eigenvalue weighted by atomic mass is 35.5. The maximum absolute atomic E-state index is 13.3. The monoisotopic (exact) mass is 460 g/mol. The van der Waals surface area contributed by atoms with Crippen LogP contribution in [0.2, 0.25) is 5.02 Å². The molecule has 0 aliphatic heterocycles. The van der Waals surface area contributed by atoms with E-state index in [-0.39, 0.29) is 31.0 Å². The molecule has 0 aromatic heterocycles. The largest absolute Gasteiger partial charge is 0.497 e. The molecule has 0 aliphatic rings. The summed E-state index contributed by atoms with van der Waals surface area (Å²) in [6.07, 6.45) is 1.29. The van der Waals surface area contributed by atoms with Crippen molar-refractivity contribution in [3.8, 4) is 11.5 Å². The van der Waals surface area contributed by atoms with Crippen molar-refractivity contribution in [1.82, 2.24) is 10.2 Å². The lowest BCUT2D eigenvalue weighted by molar-refractivity contribution is -0.143. The molecule has 2 aromatic carbocycles. The number of aryl methyl sites for hydroxylation is 1. The molecule has 0 bridgehead atoms. The number of amides is 2. The minimum atomic E-state index is -0.613. The summed E-state index contributed by atoms with van der Waals surface area (Å²) >= 11 is 6.07. The molecule has 1 N–H and O–H groups in total. The number of hydrogen-bond donors (Lipinski definition) is 1. The summed E-state index contributed by atoms with van der Waals surface area (Å²) in [5, 5.41) is 3.63.